The first-order chi connectivity index (χ1) is 17.0. The molecular weight excluding hydrogens is 496 g/mol. The van der Waals surface area contributed by atoms with E-state index in [4.69, 9.17) is 4.42 Å². The molecule has 0 aliphatic carbocycles. The maximum atomic E-state index is 13.2. The van der Waals surface area contributed by atoms with E-state index in [1.165, 1.54) is 28.6 Å². The lowest BCUT2D eigenvalue weighted by Gasteiger charge is -2.25. The minimum atomic E-state index is -3.67. The maximum absolute atomic E-state index is 13.2. The molecule has 0 radical (unpaired) electrons. The number of hydrogen-bond donors (Lipinski definition) is 1. The van der Waals surface area contributed by atoms with Crippen LogP contribution in [0.4, 0.5) is 6.01 Å². The van der Waals surface area contributed by atoms with Gasteiger partial charge in [0.05, 0.1) is 4.90 Å². The van der Waals surface area contributed by atoms with Crippen LogP contribution in [0.15, 0.2) is 62.7 Å². The molecule has 0 saturated carbocycles. The fourth-order valence-corrected chi connectivity index (χ4v) is 6.21. The van der Waals surface area contributed by atoms with Gasteiger partial charge in [0, 0.05) is 34.4 Å². The molecule has 1 heterocycles. The highest BCUT2D eigenvalue weighted by Gasteiger charge is 2.26. The normalized spacial score (nSPS) is 12.2. The van der Waals surface area contributed by atoms with E-state index in [9.17, 15) is 13.2 Å². The molecule has 36 heavy (non-hydrogen) atoms. The largest absolute Gasteiger partial charge is 0.403 e. The number of carbonyl (C=O) groups is 1. The van der Waals surface area contributed by atoms with Crippen LogP contribution >= 0.6 is 11.8 Å². The number of hydrogen-bond acceptors (Lipinski definition) is 7. The third-order valence-corrected chi connectivity index (χ3v) is 7.83. The van der Waals surface area contributed by atoms with Crippen LogP contribution in [-0.4, -0.2) is 47.2 Å². The summed E-state index contributed by atoms with van der Waals surface area (Å²) in [5.74, 6) is 0.214. The second kappa shape index (κ2) is 12.0. The summed E-state index contributed by atoms with van der Waals surface area (Å²) in [6.07, 6.45) is 0. The summed E-state index contributed by atoms with van der Waals surface area (Å²) in [5, 5.41) is 11.0. The summed E-state index contributed by atoms with van der Waals surface area (Å²) in [6, 6.07) is 13.6. The van der Waals surface area contributed by atoms with Gasteiger partial charge in [-0.25, -0.2) is 8.42 Å². The highest BCUT2D eigenvalue weighted by molar-refractivity contribution is 7.99. The SMILES string of the molecule is CC(C)CN(CC(C)C)S(=O)(=O)c1ccc(C(=O)Nc2nnc(-c3cccc(SC(C)C)c3)o2)cc1. The lowest BCUT2D eigenvalue weighted by atomic mass is 10.2. The van der Waals surface area contributed by atoms with Gasteiger partial charge in [-0.1, -0.05) is 52.7 Å². The predicted molar refractivity (Wildman–Crippen MR) is 144 cm³/mol. The smallest absolute Gasteiger partial charge is 0.322 e. The van der Waals surface area contributed by atoms with Crippen LogP contribution in [0.3, 0.4) is 0 Å². The second-order valence-electron chi connectivity index (χ2n) is 9.70. The van der Waals surface area contributed by atoms with Crippen LogP contribution in [0.25, 0.3) is 11.5 Å². The van der Waals surface area contributed by atoms with Gasteiger partial charge < -0.3 is 4.42 Å². The fourth-order valence-electron chi connectivity index (χ4n) is 3.55. The van der Waals surface area contributed by atoms with Crippen LogP contribution in [0.2, 0.25) is 0 Å². The monoisotopic (exact) mass is 530 g/mol. The molecule has 0 fully saturated rings. The van der Waals surface area contributed by atoms with Crippen molar-refractivity contribution in [3.05, 3.63) is 54.1 Å². The number of sulfonamides is 1. The third-order valence-electron chi connectivity index (χ3n) is 4.99. The van der Waals surface area contributed by atoms with Gasteiger partial charge in [-0.05, 0) is 54.3 Å². The average molecular weight is 531 g/mol. The Hall–Kier alpha value is -2.69. The van der Waals surface area contributed by atoms with Gasteiger partial charge in [0.15, 0.2) is 0 Å². The molecule has 1 N–H and O–H groups in total. The predicted octanol–water partition coefficient (Wildman–Crippen LogP) is 5.79. The van der Waals surface area contributed by atoms with Crippen molar-refractivity contribution in [2.24, 2.45) is 11.8 Å². The summed E-state index contributed by atoms with van der Waals surface area (Å²) >= 11 is 1.73. The van der Waals surface area contributed by atoms with Crippen molar-refractivity contribution < 1.29 is 17.6 Å². The zero-order chi connectivity index (χ0) is 26.5. The van der Waals surface area contributed by atoms with Gasteiger partial charge in [-0.15, -0.1) is 16.9 Å². The summed E-state index contributed by atoms with van der Waals surface area (Å²) in [5.41, 5.74) is 1.04. The summed E-state index contributed by atoms with van der Waals surface area (Å²) in [4.78, 5) is 14.0. The minimum Gasteiger partial charge on any atom is -0.403 e. The highest BCUT2D eigenvalue weighted by Crippen LogP contribution is 2.28. The Morgan fingerprint density at radius 3 is 2.19 bits per heavy atom. The fraction of sp³-hybridized carbons (Fsp3) is 0.423. The second-order valence-corrected chi connectivity index (χ2v) is 13.3. The van der Waals surface area contributed by atoms with Gasteiger partial charge in [0.2, 0.25) is 15.9 Å². The molecule has 194 valence electrons. The van der Waals surface area contributed by atoms with Gasteiger partial charge >= 0.3 is 6.01 Å². The number of amides is 1. The molecule has 3 aromatic rings. The number of nitrogens with zero attached hydrogens (tertiary/aromatic N) is 3. The lowest BCUT2D eigenvalue weighted by Crippen LogP contribution is -2.37. The Labute approximate surface area is 217 Å². The Morgan fingerprint density at radius 1 is 0.972 bits per heavy atom. The average Bonchev–Trinajstić information content (AvgIpc) is 3.26. The number of benzene rings is 2. The topological polar surface area (TPSA) is 105 Å². The molecule has 0 unspecified atom stereocenters. The van der Waals surface area contributed by atoms with Crippen LogP contribution in [-0.2, 0) is 10.0 Å². The van der Waals surface area contributed by atoms with Crippen LogP contribution in [0.1, 0.15) is 51.9 Å². The summed E-state index contributed by atoms with van der Waals surface area (Å²) < 4.78 is 33.5. The zero-order valence-corrected chi connectivity index (χ0v) is 23.2. The molecular formula is C26H34N4O4S2. The first kappa shape index (κ1) is 27.9. The van der Waals surface area contributed by atoms with E-state index in [0.717, 1.165) is 10.5 Å². The first-order valence-corrected chi connectivity index (χ1v) is 14.3. The van der Waals surface area contributed by atoms with E-state index in [1.807, 2.05) is 52.0 Å². The Kier molecular flexibility index (Phi) is 9.32. The molecule has 1 aromatic heterocycles. The maximum Gasteiger partial charge on any atom is 0.322 e. The van der Waals surface area contributed by atoms with E-state index in [1.54, 1.807) is 11.8 Å². The van der Waals surface area contributed by atoms with Crippen LogP contribution in [0, 0.1) is 11.8 Å². The van der Waals surface area contributed by atoms with Crippen LogP contribution in [0.5, 0.6) is 0 Å². The summed E-state index contributed by atoms with van der Waals surface area (Å²) in [7, 11) is -3.67. The number of rotatable bonds is 11. The van der Waals surface area contributed by atoms with Crippen molar-refractivity contribution in [3.63, 3.8) is 0 Å². The standard InChI is InChI=1S/C26H34N4O4S2/c1-17(2)15-30(16-18(3)4)36(32,33)23-12-10-20(11-13-23)24(31)27-26-29-28-25(34-26)21-8-7-9-22(14-21)35-19(5)6/h7-14,17-19H,15-16H2,1-6H3,(H,27,29,31). The van der Waals surface area contributed by atoms with E-state index in [2.05, 4.69) is 29.4 Å². The van der Waals surface area contributed by atoms with Crippen molar-refractivity contribution in [1.29, 1.82) is 0 Å². The number of nitrogens with one attached hydrogen (secondary N) is 1. The lowest BCUT2D eigenvalue weighted by molar-refractivity contribution is 0.102. The zero-order valence-electron chi connectivity index (χ0n) is 21.6. The molecule has 8 nitrogen and oxygen atoms in total. The number of thioether (sulfide) groups is 1. The molecule has 0 atom stereocenters. The number of carbonyl (C=O) groups excluding carboxylic acids is 1. The molecule has 1 amide bonds. The quantitative estimate of drug-likeness (QED) is 0.313. The Balaban J connectivity index is 1.72. The molecule has 0 saturated heterocycles. The number of aromatic nitrogens is 2. The number of anilines is 1. The third kappa shape index (κ3) is 7.41. The minimum absolute atomic E-state index is 0.0337. The van der Waals surface area contributed by atoms with Gasteiger partial charge in [0.1, 0.15) is 0 Å². The summed E-state index contributed by atoms with van der Waals surface area (Å²) in [6.45, 7) is 13.0. The van der Waals surface area contributed by atoms with Crippen molar-refractivity contribution in [2.45, 2.75) is 56.6 Å². The van der Waals surface area contributed by atoms with Crippen molar-refractivity contribution in [1.82, 2.24) is 14.5 Å². The molecule has 0 aliphatic rings. The molecule has 2 aromatic carbocycles. The van der Waals surface area contributed by atoms with Gasteiger partial charge in [-0.2, -0.15) is 4.31 Å². The van der Waals surface area contributed by atoms with E-state index in [0.29, 0.717) is 24.2 Å². The Morgan fingerprint density at radius 2 is 1.61 bits per heavy atom. The molecule has 0 bridgehead atoms. The van der Waals surface area contributed by atoms with Crippen molar-refractivity contribution in [2.75, 3.05) is 18.4 Å². The molecule has 0 aliphatic heterocycles. The van der Waals surface area contributed by atoms with Crippen molar-refractivity contribution in [3.8, 4) is 11.5 Å². The van der Waals surface area contributed by atoms with E-state index >= 15 is 0 Å². The Bertz CT molecular complexity index is 1260. The van der Waals surface area contributed by atoms with Crippen molar-refractivity contribution >= 4 is 33.7 Å². The highest BCUT2D eigenvalue weighted by atomic mass is 32.2. The van der Waals surface area contributed by atoms with Gasteiger partial charge in [-0.3, -0.25) is 10.1 Å². The van der Waals surface area contributed by atoms with Gasteiger partial charge in [0.25, 0.3) is 5.91 Å². The molecule has 10 heteroatoms. The molecule has 0 spiro atoms. The first-order valence-electron chi connectivity index (χ1n) is 12.0. The van der Waals surface area contributed by atoms with E-state index < -0.39 is 15.9 Å². The van der Waals surface area contributed by atoms with Crippen LogP contribution < -0.4 is 5.32 Å². The van der Waals surface area contributed by atoms with E-state index in [-0.39, 0.29) is 28.3 Å². The molecule has 3 rings (SSSR count).